The van der Waals surface area contributed by atoms with Crippen LogP contribution in [0.1, 0.15) is 33.6 Å². The highest BCUT2D eigenvalue weighted by molar-refractivity contribution is 6.02. The Bertz CT molecular complexity index is 938. The molecule has 1 heterocycles. The van der Waals surface area contributed by atoms with Gasteiger partial charge in [0.05, 0.1) is 12.1 Å². The predicted octanol–water partition coefficient (Wildman–Crippen LogP) is 2.55. The number of esters is 1. The molecule has 1 N–H and O–H groups in total. The molecule has 1 aliphatic rings. The van der Waals surface area contributed by atoms with Gasteiger partial charge in [-0.2, -0.15) is 0 Å². The van der Waals surface area contributed by atoms with Crippen LogP contribution in [-0.2, 0) is 14.3 Å². The van der Waals surface area contributed by atoms with Gasteiger partial charge in [0.1, 0.15) is 11.6 Å². The Morgan fingerprint density at radius 2 is 1.71 bits per heavy atom. The summed E-state index contributed by atoms with van der Waals surface area (Å²) in [6.07, 6.45) is -0.307. The molecule has 0 fully saturated rings. The maximum atomic E-state index is 12.8. The van der Waals surface area contributed by atoms with Crippen molar-refractivity contribution in [2.75, 3.05) is 18.5 Å². The highest BCUT2D eigenvalue weighted by Gasteiger charge is 2.19. The van der Waals surface area contributed by atoms with Crippen molar-refractivity contribution in [3.63, 3.8) is 0 Å². The first-order valence-corrected chi connectivity index (χ1v) is 8.46. The first kappa shape index (κ1) is 19.2. The van der Waals surface area contributed by atoms with Gasteiger partial charge in [0.15, 0.2) is 24.8 Å². The Morgan fingerprint density at radius 1 is 1.00 bits per heavy atom. The van der Waals surface area contributed by atoms with E-state index in [1.54, 1.807) is 6.07 Å². The normalized spacial score (nSPS) is 12.4. The largest absolute Gasteiger partial charge is 0.482 e. The van der Waals surface area contributed by atoms with E-state index in [2.05, 4.69) is 5.32 Å². The van der Waals surface area contributed by atoms with Crippen LogP contribution in [0.5, 0.6) is 5.75 Å². The molecule has 0 saturated carbocycles. The van der Waals surface area contributed by atoms with Crippen molar-refractivity contribution in [1.82, 2.24) is 0 Å². The van der Waals surface area contributed by atoms with Crippen LogP contribution >= 0.6 is 0 Å². The number of anilines is 1. The van der Waals surface area contributed by atoms with Gasteiger partial charge in [-0.3, -0.25) is 19.2 Å². The van der Waals surface area contributed by atoms with E-state index in [-0.39, 0.29) is 36.7 Å². The fraction of sp³-hybridized carbons (Fsp3) is 0.200. The number of fused-ring (bicyclic) bond motifs is 1. The van der Waals surface area contributed by atoms with Crippen LogP contribution in [0.3, 0.4) is 0 Å². The molecule has 0 aliphatic carbocycles. The quantitative estimate of drug-likeness (QED) is 0.581. The number of benzene rings is 2. The van der Waals surface area contributed by atoms with Crippen molar-refractivity contribution >= 4 is 29.1 Å². The van der Waals surface area contributed by atoms with Gasteiger partial charge >= 0.3 is 5.97 Å². The molecule has 28 heavy (non-hydrogen) atoms. The summed E-state index contributed by atoms with van der Waals surface area (Å²) >= 11 is 0. The second kappa shape index (κ2) is 8.43. The molecule has 0 bridgehead atoms. The Kier molecular flexibility index (Phi) is 5.78. The lowest BCUT2D eigenvalue weighted by atomic mass is 10.1. The van der Waals surface area contributed by atoms with Gasteiger partial charge in [0, 0.05) is 17.5 Å². The van der Waals surface area contributed by atoms with Crippen LogP contribution in [-0.4, -0.2) is 36.7 Å². The summed E-state index contributed by atoms with van der Waals surface area (Å²) in [4.78, 5) is 47.2. The smallest absolute Gasteiger partial charge is 0.306 e. The zero-order valence-electron chi connectivity index (χ0n) is 14.7. The topological polar surface area (TPSA) is 98.8 Å². The number of rotatable bonds is 7. The lowest BCUT2D eigenvalue weighted by Crippen LogP contribution is -2.25. The SMILES string of the molecule is O=C1COc2ccc(C(=O)COC(=O)CCC(=O)c3ccc(F)cc3)cc2N1. The van der Waals surface area contributed by atoms with Crippen molar-refractivity contribution in [1.29, 1.82) is 0 Å². The number of ether oxygens (including phenoxy) is 2. The first-order chi connectivity index (χ1) is 13.4. The van der Waals surface area contributed by atoms with E-state index in [9.17, 15) is 23.6 Å². The van der Waals surface area contributed by atoms with Crippen molar-refractivity contribution in [2.24, 2.45) is 0 Å². The van der Waals surface area contributed by atoms with E-state index in [1.165, 1.54) is 24.3 Å². The number of amides is 1. The van der Waals surface area contributed by atoms with E-state index in [0.29, 0.717) is 17.0 Å². The molecule has 0 radical (unpaired) electrons. The third-order valence-electron chi connectivity index (χ3n) is 4.02. The number of ketones is 2. The van der Waals surface area contributed by atoms with E-state index in [0.717, 1.165) is 12.1 Å². The summed E-state index contributed by atoms with van der Waals surface area (Å²) in [6, 6.07) is 9.50. The van der Waals surface area contributed by atoms with Gasteiger partial charge in [-0.15, -0.1) is 0 Å². The van der Waals surface area contributed by atoms with E-state index in [4.69, 9.17) is 9.47 Å². The first-order valence-electron chi connectivity index (χ1n) is 8.46. The van der Waals surface area contributed by atoms with Gasteiger partial charge in [-0.25, -0.2) is 4.39 Å². The average molecular weight is 385 g/mol. The van der Waals surface area contributed by atoms with Gasteiger partial charge in [-0.1, -0.05) is 0 Å². The standard InChI is InChI=1S/C20H16FNO6/c21-14-4-1-12(2-5-14)16(23)6-8-20(26)28-10-17(24)13-3-7-18-15(9-13)22-19(25)11-27-18/h1-5,7,9H,6,8,10-11H2,(H,22,25). The number of nitrogens with one attached hydrogen (secondary N) is 1. The van der Waals surface area contributed by atoms with Crippen molar-refractivity contribution in [3.8, 4) is 5.75 Å². The lowest BCUT2D eigenvalue weighted by molar-refractivity contribution is -0.142. The molecule has 0 aromatic heterocycles. The second-order valence-electron chi connectivity index (χ2n) is 6.06. The molecule has 8 heteroatoms. The summed E-state index contributed by atoms with van der Waals surface area (Å²) in [6.45, 7) is -0.578. The Hall–Kier alpha value is -3.55. The zero-order chi connectivity index (χ0) is 20.1. The molecule has 2 aromatic carbocycles. The third kappa shape index (κ3) is 4.79. The summed E-state index contributed by atoms with van der Waals surface area (Å²) < 4.78 is 23.0. The molecule has 144 valence electrons. The highest BCUT2D eigenvalue weighted by Crippen LogP contribution is 2.28. The summed E-state index contributed by atoms with van der Waals surface area (Å²) in [5.41, 5.74) is 0.918. The number of carbonyl (C=O) groups is 4. The Morgan fingerprint density at radius 3 is 2.46 bits per heavy atom. The maximum Gasteiger partial charge on any atom is 0.306 e. The van der Waals surface area contributed by atoms with Crippen LogP contribution < -0.4 is 10.1 Å². The van der Waals surface area contributed by atoms with Crippen LogP contribution in [0.2, 0.25) is 0 Å². The maximum absolute atomic E-state index is 12.8. The number of Topliss-reactive ketones (excluding diaryl/α,β-unsaturated/α-hetero) is 2. The highest BCUT2D eigenvalue weighted by atomic mass is 19.1. The Labute approximate surface area is 159 Å². The molecule has 0 spiro atoms. The lowest BCUT2D eigenvalue weighted by Gasteiger charge is -2.18. The van der Waals surface area contributed by atoms with E-state index < -0.39 is 24.2 Å². The molecule has 1 aliphatic heterocycles. The average Bonchev–Trinajstić information content (AvgIpc) is 2.70. The Balaban J connectivity index is 1.48. The van der Waals surface area contributed by atoms with Gasteiger partial charge in [-0.05, 0) is 42.5 Å². The summed E-state index contributed by atoms with van der Waals surface area (Å²) in [5.74, 6) is -1.81. The fourth-order valence-electron chi connectivity index (χ4n) is 2.55. The van der Waals surface area contributed by atoms with Crippen LogP contribution in [0.4, 0.5) is 10.1 Å². The molecular weight excluding hydrogens is 369 g/mol. The van der Waals surface area contributed by atoms with Crippen LogP contribution in [0, 0.1) is 5.82 Å². The van der Waals surface area contributed by atoms with Gasteiger partial charge < -0.3 is 14.8 Å². The summed E-state index contributed by atoms with van der Waals surface area (Å²) in [5, 5.41) is 2.59. The zero-order valence-corrected chi connectivity index (χ0v) is 14.7. The van der Waals surface area contributed by atoms with Gasteiger partial charge in [0.2, 0.25) is 0 Å². The molecular formula is C20H16FNO6. The predicted molar refractivity (Wildman–Crippen MR) is 95.8 cm³/mol. The van der Waals surface area contributed by atoms with Crippen LogP contribution in [0.25, 0.3) is 0 Å². The molecule has 0 unspecified atom stereocenters. The minimum absolute atomic E-state index is 0.0887. The molecule has 0 atom stereocenters. The number of hydrogen-bond donors (Lipinski definition) is 1. The van der Waals surface area contributed by atoms with Crippen LogP contribution in [0.15, 0.2) is 42.5 Å². The van der Waals surface area contributed by atoms with Crippen molar-refractivity contribution in [3.05, 3.63) is 59.4 Å². The molecule has 0 saturated heterocycles. The molecule has 1 amide bonds. The fourth-order valence-corrected chi connectivity index (χ4v) is 2.55. The van der Waals surface area contributed by atoms with E-state index >= 15 is 0 Å². The van der Waals surface area contributed by atoms with Crippen molar-refractivity contribution < 1.29 is 33.0 Å². The number of hydrogen-bond acceptors (Lipinski definition) is 6. The van der Waals surface area contributed by atoms with Crippen molar-refractivity contribution in [2.45, 2.75) is 12.8 Å². The minimum Gasteiger partial charge on any atom is -0.482 e. The second-order valence-corrected chi connectivity index (χ2v) is 6.06. The third-order valence-corrected chi connectivity index (χ3v) is 4.02. The van der Waals surface area contributed by atoms with Gasteiger partial charge in [0.25, 0.3) is 5.91 Å². The number of carbonyl (C=O) groups excluding carboxylic acids is 4. The monoisotopic (exact) mass is 385 g/mol. The van der Waals surface area contributed by atoms with E-state index in [1.807, 2.05) is 0 Å². The summed E-state index contributed by atoms with van der Waals surface area (Å²) in [7, 11) is 0. The molecule has 2 aromatic rings. The molecule has 3 rings (SSSR count). The number of halogens is 1. The minimum atomic E-state index is -0.696. The molecule has 7 nitrogen and oxygen atoms in total.